The Hall–Kier alpha value is -8.96. The van der Waals surface area contributed by atoms with Crippen molar-refractivity contribution >= 4 is 170 Å². The number of fused-ring (bicyclic) bond motifs is 6. The average molecular weight is 1550 g/mol. The smallest absolute Gasteiger partial charge is 0.220 e. The van der Waals surface area contributed by atoms with Gasteiger partial charge < -0.3 is 71.2 Å². The molecule has 16 rings (SSSR count). The van der Waals surface area contributed by atoms with Crippen molar-refractivity contribution in [1.82, 2.24) is 39.5 Å². The summed E-state index contributed by atoms with van der Waals surface area (Å²) in [5, 5.41) is 20.5. The molecule has 6 aromatic carbocycles. The van der Waals surface area contributed by atoms with Gasteiger partial charge in [0.1, 0.15) is 11.7 Å². The number of carbonyl (C=O) groups excluding carboxylic acids is 3. The van der Waals surface area contributed by atoms with Crippen LogP contribution in [0.5, 0.6) is 0 Å². The molecule has 7 aliphatic rings. The van der Waals surface area contributed by atoms with Crippen LogP contribution in [0.2, 0.25) is 25.1 Å². The minimum Gasteiger partial charge on any atom is -0.383 e. The topological polar surface area (TPSA) is 324 Å². The summed E-state index contributed by atoms with van der Waals surface area (Å²) in [5.41, 5.74) is 37.1. The fourth-order valence-electron chi connectivity index (χ4n) is 15.0. The predicted octanol–water partition coefficient (Wildman–Crippen LogP) is 10.7. The molecule has 0 atom stereocenters. The summed E-state index contributed by atoms with van der Waals surface area (Å²) in [5.74, 6) is 2.05. The largest absolute Gasteiger partial charge is 0.383 e. The number of amides is 3. The van der Waals surface area contributed by atoms with Crippen molar-refractivity contribution in [2.75, 3.05) is 140 Å². The molecule has 4 fully saturated rings. The number of nitrogens with zero attached hydrogens (tertiary/aromatic N) is 14. The van der Waals surface area contributed by atoms with Gasteiger partial charge in [-0.1, -0.05) is 92.6 Å². The van der Waals surface area contributed by atoms with Crippen LogP contribution in [-0.4, -0.2) is 193 Å². The summed E-state index contributed by atoms with van der Waals surface area (Å²) in [4.78, 5) is 60.3. The highest BCUT2D eigenvalue weighted by atomic mass is 35.5. The second kappa shape index (κ2) is 30.9. The molecule has 3 amide bonds. The van der Waals surface area contributed by atoms with Gasteiger partial charge in [0.25, 0.3) is 0 Å². The Labute approximate surface area is 634 Å². The van der Waals surface area contributed by atoms with Crippen LogP contribution in [0.3, 0.4) is 0 Å². The molecular weight excluding hydrogens is 1460 g/mol. The van der Waals surface area contributed by atoms with Crippen molar-refractivity contribution < 1.29 is 31.8 Å². The van der Waals surface area contributed by atoms with E-state index in [2.05, 4.69) is 107 Å². The maximum Gasteiger partial charge on any atom is 0.220 e. The number of piperazine rings is 4. The first-order valence-electron chi connectivity index (χ1n) is 34.5. The van der Waals surface area contributed by atoms with Crippen LogP contribution in [0, 0.1) is 0 Å². The molecule has 0 bridgehead atoms. The first-order valence-corrected chi connectivity index (χ1v) is 38.2. The zero-order chi connectivity index (χ0) is 75.1. The molecule has 105 heavy (non-hydrogen) atoms. The molecule has 4 saturated heterocycles. The Morgan fingerprint density at radius 1 is 0.495 bits per heavy atom. The monoisotopic (exact) mass is 1550 g/mol. The number of benzene rings is 6. The Morgan fingerprint density at radius 3 is 1.42 bits per heavy atom. The first kappa shape index (κ1) is 75.7. The van der Waals surface area contributed by atoms with Gasteiger partial charge in [-0.15, -0.1) is 0 Å². The van der Waals surface area contributed by atoms with Gasteiger partial charge in [0.2, 0.25) is 27.7 Å². The number of amidine groups is 2. The summed E-state index contributed by atoms with van der Waals surface area (Å²) in [6, 6.07) is 27.4. The number of aromatic nitrogens is 4. The molecule has 3 aromatic heterocycles. The fraction of sp³-hybridized carbons (Fsp3) is 0.397. The molecule has 0 radical (unpaired) electrons. The maximum absolute atomic E-state index is 11.8. The number of rotatable bonds is 6. The van der Waals surface area contributed by atoms with E-state index in [-0.39, 0.29) is 28.8 Å². The normalized spacial score (nSPS) is 17.6. The van der Waals surface area contributed by atoms with E-state index >= 15 is 0 Å². The van der Waals surface area contributed by atoms with Crippen molar-refractivity contribution in [1.29, 1.82) is 0 Å². The standard InChI is InChI=1S/C16H21ClN4O.C16H14ClN3.C15H19ClN4O2.C13H17ClN4O2S.C13H15ClN4O2/c1-10(22)21-5-4-20(9-16(21,2)3)14-7-11(17)6-12-13(14)8-19-15(12)18;17-13-7-15-14(9-18-19-15)16(8-13)20-6-5-11-3-1-2-4-12(11)10-20;1-9(21)20-5-4-19(8-15(20,2)3)12-7-10(16)6-11-13(12)22-18-14(11)17;1-21(19,20)18-4-2-17(3-5-18)12-7-9(14)6-10-11(12)8-16-13(10)15;1-8(19)17-2-4-18(5-3-17)11-7-9(14)6-10-12(11)20-16-13(10)15/h6-7H,4-5,8-9H2,1-3H3,(H2,18,19);1-4,7-9H,5-6,10H2,(H,18,19);6-7H,4-5,8H2,1-3H3,(H2,17,18);6-7H,2-5,8H2,1H3,(H2,15,16);6-7H,2-5H2,1H3,(H2,15,16). The van der Waals surface area contributed by atoms with Gasteiger partial charge in [-0.05, 0) is 106 Å². The number of anilines is 7. The van der Waals surface area contributed by atoms with Gasteiger partial charge in [0.15, 0.2) is 22.8 Å². The highest BCUT2D eigenvalue weighted by Gasteiger charge is 2.39. The third-order valence-corrected chi connectivity index (χ3v) is 22.6. The number of aliphatic imine (C=N–C) groups is 2. The number of hydrogen-bond acceptors (Lipinski definition) is 21. The van der Waals surface area contributed by atoms with Crippen LogP contribution in [0.15, 0.2) is 110 Å². The Morgan fingerprint density at radius 2 is 0.924 bits per heavy atom. The van der Waals surface area contributed by atoms with Crippen molar-refractivity contribution in [3.05, 3.63) is 150 Å². The third kappa shape index (κ3) is 16.5. The number of halogens is 5. The molecule has 0 spiro atoms. The van der Waals surface area contributed by atoms with Crippen molar-refractivity contribution in [3.8, 4) is 0 Å². The number of carbonyl (C=O) groups is 3. The van der Waals surface area contributed by atoms with Crippen LogP contribution >= 0.6 is 58.0 Å². The number of aromatic amines is 1. The number of nitrogen functional groups attached to an aromatic ring is 2. The average Bonchev–Trinajstić information content (AvgIpc) is 1.79. The SMILES string of the molecule is CC(=O)N1CCN(c2cc(Cl)cc3c(N)noc23)CC1.CC(=O)N1CCN(c2cc(Cl)cc3c(N)noc23)CC1(C)C.CC(=O)N1CCN(c2cc(Cl)cc3c2CN=C3N)CC1(C)C.CS(=O)(=O)N1CCN(c2cc(Cl)cc3c2CN=C3N)CC1.Clc1cc(N2CCc3ccccc3C2)c2cn[nH]c2c1. The summed E-state index contributed by atoms with van der Waals surface area (Å²) < 4.78 is 35.3. The van der Waals surface area contributed by atoms with Gasteiger partial charge in [-0.2, -0.15) is 9.40 Å². The number of sulfonamides is 1. The van der Waals surface area contributed by atoms with Gasteiger partial charge in [0, 0.05) is 195 Å². The van der Waals surface area contributed by atoms with E-state index in [1.54, 1.807) is 32.9 Å². The second-order valence-electron chi connectivity index (χ2n) is 28.2. The lowest BCUT2D eigenvalue weighted by atomic mass is 9.96. The molecule has 32 heteroatoms. The van der Waals surface area contributed by atoms with Crippen LogP contribution in [-0.2, 0) is 50.5 Å². The summed E-state index contributed by atoms with van der Waals surface area (Å²) >= 11 is 31.0. The quantitative estimate of drug-likeness (QED) is 0.103. The highest BCUT2D eigenvalue weighted by molar-refractivity contribution is 7.88. The van der Waals surface area contributed by atoms with Crippen molar-refractivity contribution in [2.45, 2.75) is 85.6 Å². The summed E-state index contributed by atoms with van der Waals surface area (Å²) in [6.07, 6.45) is 4.19. The summed E-state index contributed by atoms with van der Waals surface area (Å²) in [6.45, 7) is 25.6. The van der Waals surface area contributed by atoms with E-state index in [0.717, 1.165) is 118 Å². The first-order chi connectivity index (χ1) is 49.8. The number of H-pyrrole nitrogens is 1. The Balaban J connectivity index is 0.000000123. The third-order valence-electron chi connectivity index (χ3n) is 20.2. The number of hydrogen-bond donors (Lipinski definition) is 5. The Bertz CT molecular complexity index is 4990. The minimum atomic E-state index is -3.12. The lowest BCUT2D eigenvalue weighted by Crippen LogP contribution is -2.60. The van der Waals surface area contributed by atoms with E-state index < -0.39 is 10.0 Å². The minimum absolute atomic E-state index is 0.0878. The number of nitrogens with two attached hydrogens (primary N) is 4. The van der Waals surface area contributed by atoms with Gasteiger partial charge in [0.05, 0.1) is 64.3 Å². The van der Waals surface area contributed by atoms with E-state index in [1.807, 2.05) is 69.4 Å². The molecule has 0 saturated carbocycles. The Kier molecular flexibility index (Phi) is 22.3. The van der Waals surface area contributed by atoms with Gasteiger partial charge in [-0.25, -0.2) is 8.42 Å². The molecule has 9 aromatic rings. The lowest BCUT2D eigenvalue weighted by molar-refractivity contribution is -0.135. The van der Waals surface area contributed by atoms with E-state index in [0.29, 0.717) is 138 Å². The van der Waals surface area contributed by atoms with Crippen LogP contribution in [0.1, 0.15) is 81.8 Å². The predicted molar refractivity (Wildman–Crippen MR) is 421 cm³/mol. The summed E-state index contributed by atoms with van der Waals surface area (Å²) in [7, 11) is -3.12. The maximum atomic E-state index is 11.8. The van der Waals surface area contributed by atoms with Crippen molar-refractivity contribution in [2.24, 2.45) is 21.5 Å². The van der Waals surface area contributed by atoms with E-state index in [1.165, 1.54) is 21.7 Å². The zero-order valence-electron chi connectivity index (χ0n) is 59.8. The van der Waals surface area contributed by atoms with Crippen LogP contribution in [0.4, 0.5) is 40.1 Å². The molecular formula is C73H86Cl5N19O7S. The second-order valence-corrected chi connectivity index (χ2v) is 32.4. The molecule has 26 nitrogen and oxygen atoms in total. The van der Waals surface area contributed by atoms with E-state index in [9.17, 15) is 22.8 Å². The fourth-order valence-corrected chi connectivity index (χ4v) is 16.8. The van der Waals surface area contributed by atoms with Crippen LogP contribution < -0.4 is 47.4 Å². The molecule has 0 unspecified atom stereocenters. The molecule has 10 heterocycles. The molecule has 556 valence electrons. The highest BCUT2D eigenvalue weighted by Crippen LogP contribution is 2.41. The van der Waals surface area contributed by atoms with Gasteiger partial charge >= 0.3 is 0 Å². The van der Waals surface area contributed by atoms with Gasteiger partial charge in [-0.3, -0.25) is 29.5 Å². The zero-order valence-corrected chi connectivity index (χ0v) is 64.4. The van der Waals surface area contributed by atoms with Crippen molar-refractivity contribution in [3.63, 3.8) is 0 Å². The lowest BCUT2D eigenvalue weighted by Gasteiger charge is -2.48. The van der Waals surface area contributed by atoms with Crippen LogP contribution in [0.25, 0.3) is 32.8 Å². The molecule has 0 aliphatic carbocycles. The van der Waals surface area contributed by atoms with E-state index in [4.69, 9.17) is 90.0 Å². The number of nitrogens with one attached hydrogen (secondary N) is 1. The molecule has 9 N–H and O–H groups in total. The molecule has 7 aliphatic heterocycles.